The molecule has 5 rings (SSSR count). The van der Waals surface area contributed by atoms with Crippen molar-refractivity contribution in [3.8, 4) is 11.1 Å². The van der Waals surface area contributed by atoms with Gasteiger partial charge >= 0.3 is 0 Å². The molecule has 2 fully saturated rings. The SMILES string of the molecule is Cn1cc(-c2cc(S(=N)(=O)C3CC3)ccc2N[C@H]2CC[C@H](C)CC2)c2cc[nH]c2c1=O. The summed E-state index contributed by atoms with van der Waals surface area (Å²) in [5, 5.41) is 4.55. The number of nitrogens with zero attached hydrogens (tertiary/aromatic N) is 1. The Morgan fingerprint density at radius 1 is 1.10 bits per heavy atom. The van der Waals surface area contributed by atoms with Crippen LogP contribution in [0.2, 0.25) is 0 Å². The molecule has 3 aromatic rings. The molecule has 2 aliphatic rings. The van der Waals surface area contributed by atoms with Gasteiger partial charge in [-0.3, -0.25) is 4.79 Å². The van der Waals surface area contributed by atoms with Crippen molar-refractivity contribution < 1.29 is 4.21 Å². The quantitative estimate of drug-likeness (QED) is 0.518. The first-order chi connectivity index (χ1) is 14.8. The monoisotopic (exact) mass is 438 g/mol. The Labute approximate surface area is 183 Å². The average Bonchev–Trinajstić information content (AvgIpc) is 3.51. The Kier molecular flexibility index (Phi) is 4.96. The third-order valence-corrected chi connectivity index (χ3v) is 9.26. The maximum Gasteiger partial charge on any atom is 0.274 e. The summed E-state index contributed by atoms with van der Waals surface area (Å²) in [4.78, 5) is 16.2. The van der Waals surface area contributed by atoms with Gasteiger partial charge in [0.25, 0.3) is 5.56 Å². The number of anilines is 1. The number of fused-ring (bicyclic) bond motifs is 1. The Balaban J connectivity index is 1.65. The van der Waals surface area contributed by atoms with E-state index in [1.807, 2.05) is 30.5 Å². The Morgan fingerprint density at radius 2 is 1.84 bits per heavy atom. The van der Waals surface area contributed by atoms with E-state index in [-0.39, 0.29) is 10.8 Å². The second-order valence-corrected chi connectivity index (χ2v) is 11.7. The maximum absolute atomic E-state index is 13.2. The first kappa shape index (κ1) is 20.4. The Hall–Kier alpha value is -2.54. The highest BCUT2D eigenvalue weighted by Gasteiger charge is 2.34. The number of hydrogen-bond donors (Lipinski definition) is 3. The Bertz CT molecular complexity index is 1290. The van der Waals surface area contributed by atoms with E-state index in [1.54, 1.807) is 17.8 Å². The van der Waals surface area contributed by atoms with Crippen molar-refractivity contribution in [1.29, 1.82) is 4.78 Å². The van der Waals surface area contributed by atoms with Gasteiger partial charge in [-0.1, -0.05) is 6.92 Å². The number of aromatic nitrogens is 2. The van der Waals surface area contributed by atoms with E-state index in [2.05, 4.69) is 17.2 Å². The molecule has 3 N–H and O–H groups in total. The predicted molar refractivity (Wildman–Crippen MR) is 126 cm³/mol. The molecule has 0 bridgehead atoms. The fraction of sp³-hybridized carbons (Fsp3) is 0.458. The van der Waals surface area contributed by atoms with Crippen molar-refractivity contribution in [2.45, 2.75) is 61.6 Å². The zero-order valence-corrected chi connectivity index (χ0v) is 18.9. The molecule has 164 valence electrons. The summed E-state index contributed by atoms with van der Waals surface area (Å²) in [6, 6.07) is 8.10. The molecular weight excluding hydrogens is 408 g/mol. The lowest BCUT2D eigenvalue weighted by Crippen LogP contribution is -2.25. The van der Waals surface area contributed by atoms with Gasteiger partial charge in [-0.25, -0.2) is 8.99 Å². The van der Waals surface area contributed by atoms with Crippen molar-refractivity contribution in [3.05, 3.63) is 47.0 Å². The molecule has 1 atom stereocenters. The minimum absolute atomic E-state index is 0.0357. The fourth-order valence-corrected chi connectivity index (χ4v) is 6.51. The minimum atomic E-state index is -2.82. The van der Waals surface area contributed by atoms with Crippen molar-refractivity contribution >= 4 is 26.3 Å². The van der Waals surface area contributed by atoms with Crippen LogP contribution < -0.4 is 10.9 Å². The van der Waals surface area contributed by atoms with E-state index in [0.29, 0.717) is 16.5 Å². The number of aromatic amines is 1. The lowest BCUT2D eigenvalue weighted by molar-refractivity contribution is 0.361. The van der Waals surface area contributed by atoms with Gasteiger partial charge in [0, 0.05) is 57.8 Å². The number of pyridine rings is 1. The van der Waals surface area contributed by atoms with Crippen LogP contribution in [0.5, 0.6) is 0 Å². The summed E-state index contributed by atoms with van der Waals surface area (Å²) < 4.78 is 23.3. The molecule has 1 unspecified atom stereocenters. The molecule has 2 aliphatic carbocycles. The predicted octanol–water partition coefficient (Wildman–Crippen LogP) is 5.09. The van der Waals surface area contributed by atoms with Crippen molar-refractivity contribution in [2.75, 3.05) is 5.32 Å². The van der Waals surface area contributed by atoms with Crippen LogP contribution in [0, 0.1) is 10.7 Å². The topological polar surface area (TPSA) is 90.7 Å². The van der Waals surface area contributed by atoms with Crippen molar-refractivity contribution in [3.63, 3.8) is 0 Å². The first-order valence-electron chi connectivity index (χ1n) is 11.2. The molecule has 0 aliphatic heterocycles. The Morgan fingerprint density at radius 3 is 2.55 bits per heavy atom. The number of aryl methyl sites for hydroxylation is 1. The van der Waals surface area contributed by atoms with Gasteiger partial charge in [-0.2, -0.15) is 0 Å². The van der Waals surface area contributed by atoms with E-state index in [4.69, 9.17) is 4.78 Å². The van der Waals surface area contributed by atoms with E-state index in [1.165, 1.54) is 12.8 Å². The highest BCUT2D eigenvalue weighted by Crippen LogP contribution is 2.40. The summed E-state index contributed by atoms with van der Waals surface area (Å²) >= 11 is 0. The average molecular weight is 439 g/mol. The molecule has 2 saturated carbocycles. The zero-order chi connectivity index (χ0) is 21.8. The number of nitrogens with one attached hydrogen (secondary N) is 3. The highest BCUT2D eigenvalue weighted by atomic mass is 32.2. The summed E-state index contributed by atoms with van der Waals surface area (Å²) in [5.41, 5.74) is 3.31. The van der Waals surface area contributed by atoms with Crippen LogP contribution >= 0.6 is 0 Å². The summed E-state index contributed by atoms with van der Waals surface area (Å²) in [6.45, 7) is 2.31. The maximum atomic E-state index is 13.2. The number of H-pyrrole nitrogens is 1. The van der Waals surface area contributed by atoms with Crippen LogP contribution in [0.25, 0.3) is 22.0 Å². The van der Waals surface area contributed by atoms with Crippen molar-refractivity contribution in [2.24, 2.45) is 13.0 Å². The van der Waals surface area contributed by atoms with E-state index in [9.17, 15) is 9.00 Å². The van der Waals surface area contributed by atoms with Gasteiger partial charge in [-0.05, 0) is 68.7 Å². The molecule has 0 radical (unpaired) electrons. The second kappa shape index (κ2) is 7.55. The van der Waals surface area contributed by atoms with Gasteiger partial charge < -0.3 is 14.9 Å². The molecule has 6 nitrogen and oxygen atoms in total. The van der Waals surface area contributed by atoms with E-state index < -0.39 is 9.73 Å². The molecule has 7 heteroatoms. The third-order valence-electron chi connectivity index (χ3n) is 6.89. The number of hydrogen-bond acceptors (Lipinski definition) is 4. The lowest BCUT2D eigenvalue weighted by Gasteiger charge is -2.29. The standard InChI is InChI=1S/C24H30N4O2S/c1-15-3-5-16(6-4-15)27-22-10-9-18(31(25,30)17-7-8-17)13-20(22)21-14-28(2)24(29)23-19(21)11-12-26-23/h9-17,25-27H,3-8H2,1-2H3/t15-,16-,31?. The molecule has 2 aromatic heterocycles. The molecule has 1 aromatic carbocycles. The number of rotatable bonds is 5. The number of benzene rings is 1. The molecule has 31 heavy (non-hydrogen) atoms. The fourth-order valence-electron chi connectivity index (χ4n) is 4.76. The highest BCUT2D eigenvalue weighted by molar-refractivity contribution is 7.93. The van der Waals surface area contributed by atoms with Gasteiger partial charge in [0.1, 0.15) is 5.52 Å². The van der Waals surface area contributed by atoms with Crippen LogP contribution in [0.3, 0.4) is 0 Å². The van der Waals surface area contributed by atoms with Crippen LogP contribution in [0.1, 0.15) is 45.4 Å². The van der Waals surface area contributed by atoms with Crippen molar-refractivity contribution in [1.82, 2.24) is 9.55 Å². The molecule has 2 heterocycles. The molecule has 0 amide bonds. The van der Waals surface area contributed by atoms with Gasteiger partial charge in [0.05, 0.1) is 9.73 Å². The summed E-state index contributed by atoms with van der Waals surface area (Å²) in [5.74, 6) is 0.773. The molecule has 0 saturated heterocycles. The van der Waals surface area contributed by atoms with Crippen LogP contribution in [0.15, 0.2) is 46.3 Å². The van der Waals surface area contributed by atoms with E-state index >= 15 is 0 Å². The van der Waals surface area contributed by atoms with Crippen LogP contribution in [-0.4, -0.2) is 25.1 Å². The minimum Gasteiger partial charge on any atom is -0.382 e. The zero-order valence-electron chi connectivity index (χ0n) is 18.1. The van der Waals surface area contributed by atoms with E-state index in [0.717, 1.165) is 53.8 Å². The van der Waals surface area contributed by atoms with Gasteiger partial charge in [-0.15, -0.1) is 0 Å². The normalized spacial score (nSPS) is 23.5. The summed E-state index contributed by atoms with van der Waals surface area (Å²) in [6.07, 6.45) is 10.1. The van der Waals surface area contributed by atoms with Gasteiger partial charge in [0.15, 0.2) is 0 Å². The second-order valence-electron chi connectivity index (χ2n) is 9.33. The van der Waals surface area contributed by atoms with Gasteiger partial charge in [0.2, 0.25) is 0 Å². The summed E-state index contributed by atoms with van der Waals surface area (Å²) in [7, 11) is -1.06. The smallest absolute Gasteiger partial charge is 0.274 e. The van der Waals surface area contributed by atoms with Crippen LogP contribution in [-0.2, 0) is 16.8 Å². The van der Waals surface area contributed by atoms with Crippen LogP contribution in [0.4, 0.5) is 5.69 Å². The third kappa shape index (κ3) is 3.69. The first-order valence-corrected chi connectivity index (χ1v) is 12.8. The largest absolute Gasteiger partial charge is 0.382 e. The molecular formula is C24H30N4O2S. The molecule has 0 spiro atoms. The lowest BCUT2D eigenvalue weighted by atomic mass is 9.87.